The Morgan fingerprint density at radius 3 is 2.48 bits per heavy atom. The molecule has 0 spiro atoms. The molecule has 3 rings (SSSR count). The second kappa shape index (κ2) is 5.54. The maximum atomic E-state index is 10.4. The third kappa shape index (κ3) is 3.10. The maximum absolute atomic E-state index is 10.4. The van der Waals surface area contributed by atoms with Gasteiger partial charge in [-0.15, -0.1) is 0 Å². The lowest BCUT2D eigenvalue weighted by atomic mass is 9.93. The van der Waals surface area contributed by atoms with Gasteiger partial charge in [-0.1, -0.05) is 12.1 Å². The zero-order valence-corrected chi connectivity index (χ0v) is 14.7. The highest BCUT2D eigenvalue weighted by Gasteiger charge is 2.22. The van der Waals surface area contributed by atoms with Gasteiger partial charge in [0.05, 0.1) is 23.2 Å². The molecule has 0 radical (unpaired) electrons. The fourth-order valence-electron chi connectivity index (χ4n) is 2.64. The van der Waals surface area contributed by atoms with Crippen LogP contribution in [0.15, 0.2) is 30.6 Å². The molecule has 0 unspecified atom stereocenters. The largest absolute Gasteiger partial charge is 0.386 e. The molecule has 0 aliphatic heterocycles. The van der Waals surface area contributed by atoms with Crippen molar-refractivity contribution in [2.45, 2.75) is 45.7 Å². The van der Waals surface area contributed by atoms with Crippen LogP contribution < -0.4 is 5.73 Å². The van der Waals surface area contributed by atoms with E-state index in [2.05, 4.69) is 9.97 Å². The summed E-state index contributed by atoms with van der Waals surface area (Å²) in [6, 6.07) is 4.74. The molecule has 6 heteroatoms. The highest BCUT2D eigenvalue weighted by molar-refractivity contribution is 5.72. The number of aliphatic hydroxyl groups is 2. The van der Waals surface area contributed by atoms with Crippen LogP contribution in [0.25, 0.3) is 16.9 Å². The lowest BCUT2D eigenvalue weighted by molar-refractivity contribution is 0.0735. The number of imidazole rings is 1. The van der Waals surface area contributed by atoms with Crippen molar-refractivity contribution in [2.75, 3.05) is 5.73 Å². The first-order valence-electron chi connectivity index (χ1n) is 9.44. The molecule has 0 fully saturated rings. The van der Waals surface area contributed by atoms with E-state index in [9.17, 15) is 10.2 Å². The Morgan fingerprint density at radius 2 is 1.88 bits per heavy atom. The summed E-state index contributed by atoms with van der Waals surface area (Å²) in [6.45, 7) is 4.06. The van der Waals surface area contributed by atoms with Gasteiger partial charge in [-0.05, 0) is 51.7 Å². The number of nitrogens with two attached hydrogens (primary N) is 1. The first-order chi connectivity index (χ1) is 12.7. The number of fused-ring (bicyclic) bond motifs is 1. The monoisotopic (exact) mass is 343 g/mol. The molecular weight excluding hydrogens is 316 g/mol. The Hall–Kier alpha value is -2.44. The van der Waals surface area contributed by atoms with Crippen LogP contribution in [0.3, 0.4) is 0 Å². The van der Waals surface area contributed by atoms with Crippen molar-refractivity contribution in [1.82, 2.24) is 14.4 Å². The van der Waals surface area contributed by atoms with Crippen LogP contribution in [0, 0.1) is 6.85 Å². The quantitative estimate of drug-likeness (QED) is 0.679. The van der Waals surface area contributed by atoms with Crippen LogP contribution in [-0.2, 0) is 11.2 Å². The van der Waals surface area contributed by atoms with E-state index in [4.69, 9.17) is 9.85 Å². The Balaban J connectivity index is 2.37. The summed E-state index contributed by atoms with van der Waals surface area (Å²) < 4.78 is 25.3. The molecule has 6 nitrogen and oxygen atoms in total. The molecule has 0 saturated heterocycles. The second-order valence-corrected chi connectivity index (χ2v) is 7.23. The van der Waals surface area contributed by atoms with Gasteiger partial charge in [-0.3, -0.25) is 4.40 Å². The molecule has 0 aliphatic carbocycles. The Morgan fingerprint density at radius 1 is 1.16 bits per heavy atom. The van der Waals surface area contributed by atoms with E-state index in [-0.39, 0.29) is 11.4 Å². The van der Waals surface area contributed by atoms with Crippen molar-refractivity contribution in [3.05, 3.63) is 47.4 Å². The van der Waals surface area contributed by atoms with E-state index in [0.29, 0.717) is 28.2 Å². The summed E-state index contributed by atoms with van der Waals surface area (Å²) in [7, 11) is 0. The van der Waals surface area contributed by atoms with E-state index in [1.165, 1.54) is 12.3 Å². The van der Waals surface area contributed by atoms with Gasteiger partial charge in [0, 0.05) is 15.9 Å². The molecule has 2 aromatic heterocycles. The SMILES string of the molecule is [2H]C([2H])([2H])c1ccc(C(C)(C)O)cc1-c1cnc2c(N)nc(C(C)(C)O)cn12. The van der Waals surface area contributed by atoms with E-state index in [1.807, 2.05) is 0 Å². The van der Waals surface area contributed by atoms with Crippen LogP contribution in [0.4, 0.5) is 5.82 Å². The highest BCUT2D eigenvalue weighted by Crippen LogP contribution is 2.31. The normalized spacial score (nSPS) is 15.0. The van der Waals surface area contributed by atoms with Crippen molar-refractivity contribution in [1.29, 1.82) is 0 Å². The zero-order valence-electron chi connectivity index (χ0n) is 17.7. The molecule has 0 bridgehead atoms. The average Bonchev–Trinajstić information content (AvgIpc) is 2.96. The van der Waals surface area contributed by atoms with Crippen molar-refractivity contribution in [3.8, 4) is 11.3 Å². The fourth-order valence-corrected chi connectivity index (χ4v) is 2.64. The number of nitrogen functional groups attached to an aromatic ring is 1. The fraction of sp³-hybridized carbons (Fsp3) is 0.368. The zero-order chi connectivity index (χ0) is 21.1. The Labute approximate surface area is 151 Å². The van der Waals surface area contributed by atoms with Gasteiger partial charge in [-0.2, -0.15) is 0 Å². The number of aryl methyl sites for hydroxylation is 1. The number of rotatable bonds is 3. The number of benzene rings is 1. The highest BCUT2D eigenvalue weighted by atomic mass is 16.3. The van der Waals surface area contributed by atoms with Crippen LogP contribution in [0.5, 0.6) is 0 Å². The molecule has 0 aliphatic rings. The summed E-state index contributed by atoms with van der Waals surface area (Å²) in [5.74, 6) is 0.125. The molecular formula is C19H24N4O2. The van der Waals surface area contributed by atoms with Crippen LogP contribution in [0.1, 0.15) is 48.6 Å². The van der Waals surface area contributed by atoms with Gasteiger partial charge in [0.25, 0.3) is 0 Å². The molecule has 25 heavy (non-hydrogen) atoms. The molecule has 3 aromatic rings. The lowest BCUT2D eigenvalue weighted by Gasteiger charge is -2.20. The van der Waals surface area contributed by atoms with Crippen molar-refractivity contribution in [3.63, 3.8) is 0 Å². The van der Waals surface area contributed by atoms with Gasteiger partial charge < -0.3 is 15.9 Å². The van der Waals surface area contributed by atoms with Gasteiger partial charge in [0.2, 0.25) is 0 Å². The smallest absolute Gasteiger partial charge is 0.180 e. The predicted octanol–water partition coefficient (Wildman–Crippen LogP) is 2.74. The minimum Gasteiger partial charge on any atom is -0.386 e. The summed E-state index contributed by atoms with van der Waals surface area (Å²) in [4.78, 5) is 8.48. The molecule has 0 saturated carbocycles. The minimum atomic E-state index is -2.37. The number of hydrogen-bond acceptors (Lipinski definition) is 5. The van der Waals surface area contributed by atoms with Gasteiger partial charge in [0.15, 0.2) is 11.5 Å². The van der Waals surface area contributed by atoms with Crippen LogP contribution in [0.2, 0.25) is 0 Å². The van der Waals surface area contributed by atoms with E-state index in [1.54, 1.807) is 50.4 Å². The lowest BCUT2D eigenvalue weighted by Crippen LogP contribution is -2.19. The summed E-state index contributed by atoms with van der Waals surface area (Å²) in [5.41, 5.74) is 5.87. The molecule has 4 N–H and O–H groups in total. The maximum Gasteiger partial charge on any atom is 0.180 e. The van der Waals surface area contributed by atoms with Crippen molar-refractivity contribution >= 4 is 11.5 Å². The second-order valence-electron chi connectivity index (χ2n) is 7.23. The number of nitrogens with zero attached hydrogens (tertiary/aromatic N) is 3. The summed E-state index contributed by atoms with van der Waals surface area (Å²) in [6.07, 6.45) is 3.11. The number of anilines is 1. The van der Waals surface area contributed by atoms with Gasteiger partial charge in [-0.25, -0.2) is 9.97 Å². The van der Waals surface area contributed by atoms with Crippen molar-refractivity contribution < 1.29 is 14.3 Å². The van der Waals surface area contributed by atoms with Crippen LogP contribution in [-0.4, -0.2) is 24.6 Å². The van der Waals surface area contributed by atoms with E-state index in [0.717, 1.165) is 0 Å². The van der Waals surface area contributed by atoms with Crippen LogP contribution >= 0.6 is 0 Å². The topological polar surface area (TPSA) is 96.7 Å². The third-order valence-electron chi connectivity index (χ3n) is 4.15. The first kappa shape index (κ1) is 13.8. The Kier molecular flexibility index (Phi) is 3.06. The van der Waals surface area contributed by atoms with Gasteiger partial charge in [0.1, 0.15) is 5.60 Å². The molecule has 0 amide bonds. The standard InChI is InChI=1S/C19H24N4O2/c1-11-6-7-12(18(2,3)24)8-13(11)14-9-21-17-16(20)22-15(10-23(14)17)19(4,5)25/h6-10,24-25H,1-5H3,(H2,20,22)/i1D3. The summed E-state index contributed by atoms with van der Waals surface area (Å²) >= 11 is 0. The average molecular weight is 343 g/mol. The third-order valence-corrected chi connectivity index (χ3v) is 4.15. The molecule has 132 valence electrons. The molecule has 1 aromatic carbocycles. The first-order valence-corrected chi connectivity index (χ1v) is 7.94. The molecule has 2 heterocycles. The number of aromatic nitrogens is 3. The van der Waals surface area contributed by atoms with Crippen molar-refractivity contribution in [2.24, 2.45) is 0 Å². The summed E-state index contributed by atoms with van der Waals surface area (Å²) in [5, 5.41) is 20.7. The Bertz CT molecular complexity index is 1040. The number of hydrogen-bond donors (Lipinski definition) is 3. The van der Waals surface area contributed by atoms with E-state index >= 15 is 0 Å². The minimum absolute atomic E-state index is 0.125. The predicted molar refractivity (Wildman–Crippen MR) is 98.1 cm³/mol. The molecule has 0 atom stereocenters. The van der Waals surface area contributed by atoms with Gasteiger partial charge >= 0.3 is 0 Å². The van der Waals surface area contributed by atoms with E-state index < -0.39 is 18.1 Å².